The SMILES string of the molecule is CCC(C)Nc1nc(C)cc(C(=O)N2CCCC(C)C2)n1. The van der Waals surface area contributed by atoms with Gasteiger partial charge in [-0.25, -0.2) is 9.97 Å². The highest BCUT2D eigenvalue weighted by atomic mass is 16.2. The molecule has 0 spiro atoms. The van der Waals surface area contributed by atoms with Gasteiger partial charge in [0.05, 0.1) is 0 Å². The van der Waals surface area contributed by atoms with E-state index in [1.54, 1.807) is 6.07 Å². The Bertz CT molecular complexity index is 503. The first-order valence-electron chi connectivity index (χ1n) is 7.91. The van der Waals surface area contributed by atoms with Gasteiger partial charge < -0.3 is 10.2 Å². The van der Waals surface area contributed by atoms with Crippen molar-refractivity contribution in [3.05, 3.63) is 17.5 Å². The van der Waals surface area contributed by atoms with Crippen molar-refractivity contribution in [3.8, 4) is 0 Å². The van der Waals surface area contributed by atoms with Gasteiger partial charge in [0, 0.05) is 24.8 Å². The van der Waals surface area contributed by atoms with E-state index in [-0.39, 0.29) is 5.91 Å². The van der Waals surface area contributed by atoms with Crippen molar-refractivity contribution in [2.24, 2.45) is 5.92 Å². The average molecular weight is 290 g/mol. The predicted octanol–water partition coefficient (Wildman–Crippen LogP) is 2.87. The molecule has 1 fully saturated rings. The molecule has 1 amide bonds. The van der Waals surface area contributed by atoms with Gasteiger partial charge >= 0.3 is 0 Å². The quantitative estimate of drug-likeness (QED) is 0.926. The van der Waals surface area contributed by atoms with Crippen molar-refractivity contribution >= 4 is 11.9 Å². The second-order valence-electron chi connectivity index (χ2n) is 6.17. The van der Waals surface area contributed by atoms with Crippen LogP contribution in [0.4, 0.5) is 5.95 Å². The lowest BCUT2D eigenvalue weighted by Crippen LogP contribution is -2.39. The summed E-state index contributed by atoms with van der Waals surface area (Å²) in [7, 11) is 0. The van der Waals surface area contributed by atoms with Crippen LogP contribution in [0.25, 0.3) is 0 Å². The summed E-state index contributed by atoms with van der Waals surface area (Å²) in [6.45, 7) is 9.95. The summed E-state index contributed by atoms with van der Waals surface area (Å²) < 4.78 is 0. The van der Waals surface area contributed by atoms with Gasteiger partial charge in [-0.3, -0.25) is 4.79 Å². The van der Waals surface area contributed by atoms with Gasteiger partial charge in [-0.2, -0.15) is 0 Å². The lowest BCUT2D eigenvalue weighted by atomic mass is 10.00. The van der Waals surface area contributed by atoms with Crippen LogP contribution in [-0.4, -0.2) is 39.9 Å². The fourth-order valence-electron chi connectivity index (χ4n) is 2.60. The highest BCUT2D eigenvalue weighted by Gasteiger charge is 2.23. The van der Waals surface area contributed by atoms with Crippen LogP contribution in [0.5, 0.6) is 0 Å². The van der Waals surface area contributed by atoms with Gasteiger partial charge in [0.25, 0.3) is 5.91 Å². The summed E-state index contributed by atoms with van der Waals surface area (Å²) in [6.07, 6.45) is 3.27. The monoisotopic (exact) mass is 290 g/mol. The molecule has 5 heteroatoms. The van der Waals surface area contributed by atoms with Gasteiger partial charge in [-0.1, -0.05) is 13.8 Å². The molecule has 0 aliphatic carbocycles. The fraction of sp³-hybridized carbons (Fsp3) is 0.688. The predicted molar refractivity (Wildman–Crippen MR) is 84.4 cm³/mol. The summed E-state index contributed by atoms with van der Waals surface area (Å²) in [5.74, 6) is 1.15. The van der Waals surface area contributed by atoms with E-state index in [1.807, 2.05) is 11.8 Å². The molecule has 2 atom stereocenters. The Hall–Kier alpha value is -1.65. The van der Waals surface area contributed by atoms with Crippen molar-refractivity contribution in [2.75, 3.05) is 18.4 Å². The van der Waals surface area contributed by atoms with Crippen molar-refractivity contribution in [1.82, 2.24) is 14.9 Å². The number of nitrogens with one attached hydrogen (secondary N) is 1. The lowest BCUT2D eigenvalue weighted by Gasteiger charge is -2.30. The van der Waals surface area contributed by atoms with Gasteiger partial charge in [0.2, 0.25) is 5.95 Å². The Morgan fingerprint density at radius 3 is 2.95 bits per heavy atom. The van der Waals surface area contributed by atoms with Crippen molar-refractivity contribution in [3.63, 3.8) is 0 Å². The first-order valence-corrected chi connectivity index (χ1v) is 7.91. The molecule has 2 heterocycles. The maximum absolute atomic E-state index is 12.6. The van der Waals surface area contributed by atoms with Crippen molar-refractivity contribution < 1.29 is 4.79 Å². The van der Waals surface area contributed by atoms with E-state index in [2.05, 4.69) is 36.1 Å². The van der Waals surface area contributed by atoms with E-state index in [1.165, 1.54) is 6.42 Å². The minimum absolute atomic E-state index is 0.0271. The number of aromatic nitrogens is 2. The molecule has 0 radical (unpaired) electrons. The fourth-order valence-corrected chi connectivity index (χ4v) is 2.60. The number of aryl methyl sites for hydroxylation is 1. The topological polar surface area (TPSA) is 58.1 Å². The number of amides is 1. The second kappa shape index (κ2) is 6.87. The van der Waals surface area contributed by atoms with Crippen LogP contribution in [0.15, 0.2) is 6.07 Å². The molecule has 0 saturated carbocycles. The number of likely N-dealkylation sites (tertiary alicyclic amines) is 1. The highest BCUT2D eigenvalue weighted by Crippen LogP contribution is 2.18. The van der Waals surface area contributed by atoms with Crippen LogP contribution >= 0.6 is 0 Å². The molecule has 0 bridgehead atoms. The molecular formula is C16H26N4O. The minimum atomic E-state index is 0.0271. The molecule has 2 rings (SSSR count). The second-order valence-corrected chi connectivity index (χ2v) is 6.17. The van der Waals surface area contributed by atoms with Crippen LogP contribution in [0.3, 0.4) is 0 Å². The minimum Gasteiger partial charge on any atom is -0.352 e. The van der Waals surface area contributed by atoms with Gasteiger partial charge in [-0.15, -0.1) is 0 Å². The first-order chi connectivity index (χ1) is 9.99. The van der Waals surface area contributed by atoms with E-state index in [0.29, 0.717) is 23.6 Å². The smallest absolute Gasteiger partial charge is 0.272 e. The molecule has 0 aromatic carbocycles. The Morgan fingerprint density at radius 2 is 2.29 bits per heavy atom. The summed E-state index contributed by atoms with van der Waals surface area (Å²) in [6, 6.07) is 2.08. The van der Waals surface area contributed by atoms with E-state index in [9.17, 15) is 4.79 Å². The number of nitrogens with zero attached hydrogens (tertiary/aromatic N) is 3. The number of carbonyl (C=O) groups is 1. The molecule has 1 aromatic rings. The summed E-state index contributed by atoms with van der Waals surface area (Å²) in [5, 5.41) is 3.25. The molecule has 5 nitrogen and oxygen atoms in total. The van der Waals surface area contributed by atoms with E-state index < -0.39 is 0 Å². The van der Waals surface area contributed by atoms with Crippen LogP contribution in [0.2, 0.25) is 0 Å². The third kappa shape index (κ3) is 4.16. The molecule has 1 N–H and O–H groups in total. The lowest BCUT2D eigenvalue weighted by molar-refractivity contribution is 0.0677. The first kappa shape index (κ1) is 15.7. The molecule has 1 aliphatic heterocycles. The Kier molecular flexibility index (Phi) is 5.15. The Labute approximate surface area is 127 Å². The molecule has 21 heavy (non-hydrogen) atoms. The molecule has 116 valence electrons. The number of hydrogen-bond acceptors (Lipinski definition) is 4. The van der Waals surface area contributed by atoms with Gasteiger partial charge in [0.1, 0.15) is 5.69 Å². The van der Waals surface area contributed by atoms with Crippen molar-refractivity contribution in [1.29, 1.82) is 0 Å². The van der Waals surface area contributed by atoms with Crippen LogP contribution in [-0.2, 0) is 0 Å². The molecule has 1 aliphatic rings. The van der Waals surface area contributed by atoms with Crippen LogP contribution in [0.1, 0.15) is 56.2 Å². The zero-order valence-electron chi connectivity index (χ0n) is 13.5. The Morgan fingerprint density at radius 1 is 1.52 bits per heavy atom. The molecular weight excluding hydrogens is 264 g/mol. The van der Waals surface area contributed by atoms with Crippen molar-refractivity contribution in [2.45, 2.75) is 53.0 Å². The van der Waals surface area contributed by atoms with E-state index >= 15 is 0 Å². The molecule has 1 saturated heterocycles. The molecule has 1 aromatic heterocycles. The highest BCUT2D eigenvalue weighted by molar-refractivity contribution is 5.92. The zero-order valence-corrected chi connectivity index (χ0v) is 13.5. The zero-order chi connectivity index (χ0) is 15.4. The van der Waals surface area contributed by atoms with Gasteiger partial charge in [-0.05, 0) is 45.1 Å². The normalized spacial score (nSPS) is 20.2. The summed E-state index contributed by atoms with van der Waals surface area (Å²) in [5.41, 5.74) is 1.33. The summed E-state index contributed by atoms with van der Waals surface area (Å²) in [4.78, 5) is 23.3. The number of carbonyl (C=O) groups excluding carboxylic acids is 1. The number of piperidine rings is 1. The third-order valence-electron chi connectivity index (χ3n) is 4.01. The average Bonchev–Trinajstić information content (AvgIpc) is 2.45. The Balaban J connectivity index is 2.16. The number of anilines is 1. The summed E-state index contributed by atoms with van der Waals surface area (Å²) >= 11 is 0. The van der Waals surface area contributed by atoms with Gasteiger partial charge in [0.15, 0.2) is 0 Å². The maximum Gasteiger partial charge on any atom is 0.272 e. The molecule has 2 unspecified atom stereocenters. The van der Waals surface area contributed by atoms with Crippen LogP contribution < -0.4 is 5.32 Å². The van der Waals surface area contributed by atoms with E-state index in [4.69, 9.17) is 0 Å². The van der Waals surface area contributed by atoms with E-state index in [0.717, 1.165) is 31.6 Å². The number of hydrogen-bond donors (Lipinski definition) is 1. The third-order valence-corrected chi connectivity index (χ3v) is 4.01. The number of rotatable bonds is 4. The van der Waals surface area contributed by atoms with Crippen LogP contribution in [0, 0.1) is 12.8 Å². The standard InChI is InChI=1S/C16H26N4O/c1-5-12(3)17-16-18-13(4)9-14(19-16)15(21)20-8-6-7-11(2)10-20/h9,11-12H,5-8,10H2,1-4H3,(H,17,18,19). The largest absolute Gasteiger partial charge is 0.352 e. The maximum atomic E-state index is 12.6.